The molecule has 0 amide bonds. The summed E-state index contributed by atoms with van der Waals surface area (Å²) in [5.41, 5.74) is 0. The fraction of sp³-hybridized carbons (Fsp3) is 0. The van der Waals surface area contributed by atoms with Crippen LogP contribution in [-0.2, 0) is 0 Å². The predicted octanol–water partition coefficient (Wildman–Crippen LogP) is -0.311. The molecule has 0 aliphatic heterocycles. The Morgan fingerprint density at radius 3 is 2.50 bits per heavy atom. The highest BCUT2D eigenvalue weighted by molar-refractivity contribution is 5.75. The van der Waals surface area contributed by atoms with E-state index in [1.165, 1.54) is 12.5 Å². The summed E-state index contributed by atoms with van der Waals surface area (Å²) in [6.45, 7) is 0. The Balaban J connectivity index is 0.000000250. The van der Waals surface area contributed by atoms with Crippen LogP contribution in [-0.4, -0.2) is 18.8 Å². The lowest BCUT2D eigenvalue weighted by molar-refractivity contribution is 0.393. The highest BCUT2D eigenvalue weighted by atomic mass is 16.5. The van der Waals surface area contributed by atoms with E-state index in [9.17, 15) is 0 Å². The number of hydrogen-bond acceptors (Lipinski definition) is 3. The summed E-state index contributed by atoms with van der Waals surface area (Å²) >= 11 is 0. The highest BCUT2D eigenvalue weighted by Gasteiger charge is 1.61. The molecule has 3 radical (unpaired) electrons. The van der Waals surface area contributed by atoms with Crippen LogP contribution in [0, 0.1) is 0 Å². The number of rotatable bonds is 0. The SMILES string of the molecule is [B].c1conn1. The Morgan fingerprint density at radius 1 is 1.50 bits per heavy atom. The summed E-state index contributed by atoms with van der Waals surface area (Å²) < 4.78 is 4.22. The van der Waals surface area contributed by atoms with Crippen molar-refractivity contribution in [3.8, 4) is 0 Å². The van der Waals surface area contributed by atoms with Gasteiger partial charge in [-0.1, -0.05) is 0 Å². The molecule has 0 N–H and O–H groups in total. The molecule has 0 aromatic carbocycles. The van der Waals surface area contributed by atoms with Gasteiger partial charge >= 0.3 is 0 Å². The largest absolute Gasteiger partial charge is 0.346 e. The fourth-order valence-corrected chi connectivity index (χ4v) is 0.136. The number of nitrogens with zero attached hydrogens (tertiary/aromatic N) is 2. The third-order valence-corrected chi connectivity index (χ3v) is 0.283. The molecule has 3 nitrogen and oxygen atoms in total. The monoisotopic (exact) mass is 81.0 g/mol. The van der Waals surface area contributed by atoms with Crippen molar-refractivity contribution in [2.24, 2.45) is 0 Å². The van der Waals surface area contributed by atoms with E-state index in [1.54, 1.807) is 0 Å². The Labute approximate surface area is 36.9 Å². The standard InChI is InChI=1S/C2H2N2O.B/c1-2-5-4-3-1;/h1-2H;. The van der Waals surface area contributed by atoms with Gasteiger partial charge in [-0.15, -0.1) is 5.10 Å². The van der Waals surface area contributed by atoms with E-state index in [4.69, 9.17) is 0 Å². The van der Waals surface area contributed by atoms with Crippen LogP contribution in [0.2, 0.25) is 0 Å². The van der Waals surface area contributed by atoms with E-state index < -0.39 is 0 Å². The predicted molar refractivity (Wildman–Crippen MR) is 20.1 cm³/mol. The summed E-state index contributed by atoms with van der Waals surface area (Å²) in [6, 6.07) is 0. The first-order valence-corrected chi connectivity index (χ1v) is 1.21. The molecule has 1 aromatic heterocycles. The van der Waals surface area contributed by atoms with Crippen LogP contribution < -0.4 is 0 Å². The molecule has 0 saturated carbocycles. The second-order valence-electron chi connectivity index (χ2n) is 0.588. The van der Waals surface area contributed by atoms with Crippen molar-refractivity contribution >= 4 is 8.41 Å². The maximum atomic E-state index is 4.22. The third-order valence-electron chi connectivity index (χ3n) is 0.283. The van der Waals surface area contributed by atoms with Crippen LogP contribution in [0.15, 0.2) is 17.0 Å². The van der Waals surface area contributed by atoms with Gasteiger partial charge in [0.2, 0.25) is 0 Å². The second-order valence-corrected chi connectivity index (χ2v) is 0.588. The maximum Gasteiger partial charge on any atom is 0.144 e. The molecule has 0 atom stereocenters. The summed E-state index contributed by atoms with van der Waals surface area (Å²) in [5, 5.41) is 6.40. The van der Waals surface area contributed by atoms with E-state index in [2.05, 4.69) is 14.9 Å². The first kappa shape index (κ1) is 5.20. The molecule has 0 unspecified atom stereocenters. The minimum Gasteiger partial charge on any atom is -0.346 e. The molecular weight excluding hydrogens is 78.8 g/mol. The van der Waals surface area contributed by atoms with Crippen LogP contribution in [0.1, 0.15) is 0 Å². The van der Waals surface area contributed by atoms with Crippen molar-refractivity contribution in [3.05, 3.63) is 12.5 Å². The maximum absolute atomic E-state index is 4.22. The zero-order valence-corrected chi connectivity index (χ0v) is 3.03. The molecule has 0 bridgehead atoms. The minimum atomic E-state index is 0. The van der Waals surface area contributed by atoms with Gasteiger partial charge in [-0.2, -0.15) is 0 Å². The van der Waals surface area contributed by atoms with Crippen molar-refractivity contribution in [3.63, 3.8) is 0 Å². The summed E-state index contributed by atoms with van der Waals surface area (Å²) in [5.74, 6) is 0. The van der Waals surface area contributed by atoms with Crippen LogP contribution in [0.3, 0.4) is 0 Å². The first-order chi connectivity index (χ1) is 2.50. The molecule has 4 heteroatoms. The molecule has 1 heterocycles. The van der Waals surface area contributed by atoms with Gasteiger partial charge in [-0.25, -0.2) is 0 Å². The van der Waals surface area contributed by atoms with Crippen molar-refractivity contribution < 1.29 is 4.52 Å². The van der Waals surface area contributed by atoms with Gasteiger partial charge in [0.25, 0.3) is 0 Å². The van der Waals surface area contributed by atoms with Crippen LogP contribution in [0.4, 0.5) is 0 Å². The fourth-order valence-electron chi connectivity index (χ4n) is 0.136. The van der Waals surface area contributed by atoms with Crippen LogP contribution >= 0.6 is 0 Å². The zero-order chi connectivity index (χ0) is 3.54. The summed E-state index contributed by atoms with van der Waals surface area (Å²) in [6.07, 6.45) is 2.88. The van der Waals surface area contributed by atoms with E-state index in [-0.39, 0.29) is 8.41 Å². The van der Waals surface area contributed by atoms with Crippen molar-refractivity contribution in [1.82, 2.24) is 10.4 Å². The topological polar surface area (TPSA) is 38.9 Å². The minimum absolute atomic E-state index is 0. The van der Waals surface area contributed by atoms with Gasteiger partial charge < -0.3 is 4.52 Å². The summed E-state index contributed by atoms with van der Waals surface area (Å²) in [4.78, 5) is 0. The highest BCUT2D eigenvalue weighted by Crippen LogP contribution is 1.64. The van der Waals surface area contributed by atoms with Crippen molar-refractivity contribution in [2.75, 3.05) is 0 Å². The van der Waals surface area contributed by atoms with Gasteiger partial charge in [0, 0.05) is 13.7 Å². The molecule has 29 valence electrons. The van der Waals surface area contributed by atoms with Crippen molar-refractivity contribution in [1.29, 1.82) is 0 Å². The zero-order valence-electron chi connectivity index (χ0n) is 3.03. The molecule has 0 saturated heterocycles. The van der Waals surface area contributed by atoms with E-state index >= 15 is 0 Å². The third kappa shape index (κ3) is 0.881. The lowest BCUT2D eigenvalue weighted by Gasteiger charge is -1.45. The van der Waals surface area contributed by atoms with Gasteiger partial charge in [0.1, 0.15) is 6.26 Å². The number of hydrogen-bond donors (Lipinski definition) is 0. The average molecular weight is 80.9 g/mol. The molecule has 0 fully saturated rings. The quantitative estimate of drug-likeness (QED) is 0.402. The Morgan fingerprint density at radius 2 is 2.33 bits per heavy atom. The Kier molecular flexibility index (Phi) is 2.12. The molecule has 6 heavy (non-hydrogen) atoms. The number of aromatic nitrogens is 2. The first-order valence-electron chi connectivity index (χ1n) is 1.21. The van der Waals surface area contributed by atoms with Crippen molar-refractivity contribution in [2.45, 2.75) is 0 Å². The van der Waals surface area contributed by atoms with Gasteiger partial charge in [0.15, 0.2) is 0 Å². The van der Waals surface area contributed by atoms with Crippen LogP contribution in [0.25, 0.3) is 0 Å². The van der Waals surface area contributed by atoms with E-state index in [0.29, 0.717) is 0 Å². The average Bonchev–Trinajstić information content (AvgIpc) is 1.76. The molecule has 0 aliphatic carbocycles. The lowest BCUT2D eigenvalue weighted by atomic mass is 10.8. The van der Waals surface area contributed by atoms with Gasteiger partial charge in [-0.3, -0.25) is 0 Å². The molecule has 1 aromatic rings. The second kappa shape index (κ2) is 2.44. The molecule has 1 rings (SSSR count). The molecular formula is C2H2BN2O. The van der Waals surface area contributed by atoms with Crippen LogP contribution in [0.5, 0.6) is 0 Å². The van der Waals surface area contributed by atoms with E-state index in [0.717, 1.165) is 0 Å². The smallest absolute Gasteiger partial charge is 0.144 e. The van der Waals surface area contributed by atoms with Gasteiger partial charge in [0.05, 0.1) is 6.20 Å². The normalized spacial score (nSPS) is 6.67. The Hall–Kier alpha value is -0.795. The molecule has 0 aliphatic rings. The van der Waals surface area contributed by atoms with Gasteiger partial charge in [-0.05, 0) is 0 Å². The Bertz CT molecular complexity index is 68.0. The lowest BCUT2D eigenvalue weighted by Crippen LogP contribution is -1.53. The summed E-state index contributed by atoms with van der Waals surface area (Å²) in [7, 11) is 0. The molecule has 0 spiro atoms. The van der Waals surface area contributed by atoms with E-state index in [1.807, 2.05) is 0 Å².